The largest absolute Gasteiger partial charge is 0.433 e. The maximum absolute atomic E-state index is 5.01. The van der Waals surface area contributed by atoms with Gasteiger partial charge in [-0.3, -0.25) is 4.98 Å². The molecule has 59 valence electrons. The van der Waals surface area contributed by atoms with E-state index in [1.807, 2.05) is 19.1 Å². The van der Waals surface area contributed by atoms with Gasteiger partial charge in [-0.25, -0.2) is 4.98 Å². The lowest BCUT2D eigenvalue weighted by Crippen LogP contribution is -1.81. The van der Waals surface area contributed by atoms with Crippen LogP contribution >= 0.6 is 0 Å². The van der Waals surface area contributed by atoms with Gasteiger partial charge in [0.2, 0.25) is 5.89 Å². The van der Waals surface area contributed by atoms with Gasteiger partial charge in [-0.15, -0.1) is 0 Å². The average Bonchev–Trinajstić information content (AvgIpc) is 2.56. The molecule has 0 saturated heterocycles. The topological polar surface area (TPSA) is 38.9 Å². The predicted octanol–water partition coefficient (Wildman–Crippen LogP) is 1.85. The van der Waals surface area contributed by atoms with Gasteiger partial charge in [-0.1, -0.05) is 0 Å². The summed E-state index contributed by atoms with van der Waals surface area (Å²) in [6.07, 6.45) is 5.78. The molecule has 0 fully saturated rings. The fourth-order valence-electron chi connectivity index (χ4n) is 1.01. The molecule has 0 spiro atoms. The molecule has 0 amide bonds. The van der Waals surface area contributed by atoms with Crippen molar-refractivity contribution in [2.75, 3.05) is 0 Å². The second-order valence-corrected chi connectivity index (χ2v) is 2.47. The second-order valence-electron chi connectivity index (χ2n) is 2.47. The van der Waals surface area contributed by atoms with Crippen LogP contribution in [0.15, 0.2) is 28.9 Å². The molecule has 0 unspecified atom stereocenters. The summed E-state index contributed by atoms with van der Waals surface area (Å²) in [5.74, 6) is 0.584. The Morgan fingerprint density at radius 1 is 1.42 bits per heavy atom. The first-order valence-electron chi connectivity index (χ1n) is 3.61. The molecule has 12 heavy (non-hydrogen) atoms. The van der Waals surface area contributed by atoms with Gasteiger partial charge in [0.05, 0.1) is 6.20 Å². The number of rotatable bonds is 1. The van der Waals surface area contributed by atoms with Crippen LogP contribution in [0.5, 0.6) is 0 Å². The van der Waals surface area contributed by atoms with Gasteiger partial charge >= 0.3 is 0 Å². The van der Waals surface area contributed by atoms with Gasteiger partial charge < -0.3 is 4.42 Å². The summed E-state index contributed by atoms with van der Waals surface area (Å²) in [6, 6.07) is 3.77. The Bertz CT molecular complexity index is 368. The van der Waals surface area contributed by atoms with Crippen LogP contribution in [0.4, 0.5) is 0 Å². The van der Waals surface area contributed by atoms with Gasteiger partial charge in [0, 0.05) is 17.5 Å². The minimum Gasteiger partial charge on any atom is -0.433 e. The second kappa shape index (κ2) is 2.77. The maximum atomic E-state index is 5.01. The van der Waals surface area contributed by atoms with Crippen molar-refractivity contribution < 1.29 is 4.42 Å². The molecule has 0 saturated carbocycles. The predicted molar refractivity (Wildman–Crippen MR) is 43.3 cm³/mol. The Balaban J connectivity index is 2.48. The van der Waals surface area contributed by atoms with Crippen molar-refractivity contribution in [1.82, 2.24) is 9.97 Å². The number of aromatic nitrogens is 2. The molecule has 2 aromatic heterocycles. The van der Waals surface area contributed by atoms with Crippen LogP contribution in [0.3, 0.4) is 0 Å². The highest BCUT2D eigenvalue weighted by molar-refractivity contribution is 5.52. The maximum Gasteiger partial charge on any atom is 0.227 e. The minimum absolute atomic E-state index is 0.584. The Morgan fingerprint density at radius 3 is 3.00 bits per heavy atom. The van der Waals surface area contributed by atoms with E-state index in [0.29, 0.717) is 5.89 Å². The van der Waals surface area contributed by atoms with Gasteiger partial charge in [-0.05, 0) is 19.1 Å². The van der Waals surface area contributed by atoms with Crippen molar-refractivity contribution in [3.63, 3.8) is 0 Å². The van der Waals surface area contributed by atoms with Crippen molar-refractivity contribution in [3.8, 4) is 11.5 Å². The highest BCUT2D eigenvalue weighted by Gasteiger charge is 2.01. The number of aryl methyl sites for hydroxylation is 1. The van der Waals surface area contributed by atoms with Crippen molar-refractivity contribution in [2.45, 2.75) is 6.92 Å². The number of pyridine rings is 1. The van der Waals surface area contributed by atoms with Crippen molar-refractivity contribution in [3.05, 3.63) is 36.5 Å². The molecule has 2 aromatic rings. The average molecular weight is 159 g/mol. The third kappa shape index (κ3) is 1.21. The molecule has 0 aliphatic carbocycles. The molecule has 2 heterocycles. The molecular weight excluding hydrogens is 152 g/mol. The van der Waals surface area contributed by atoms with E-state index in [1.165, 1.54) is 6.20 Å². The van der Waals surface area contributed by atoms with E-state index in [4.69, 9.17) is 4.42 Å². The van der Waals surface area contributed by atoms with Crippen LogP contribution < -0.4 is 0 Å². The monoisotopic (exact) mass is 159 g/mol. The quantitative estimate of drug-likeness (QED) is 0.637. The Kier molecular flexibility index (Phi) is 1.63. The van der Waals surface area contributed by atoms with Crippen LogP contribution in [0.1, 0.15) is 5.69 Å². The number of oxazole rings is 1. The summed E-state index contributed by atoms with van der Waals surface area (Å²) < 4.78 is 5.01. The van der Waals surface area contributed by atoms with Crippen LogP contribution in [0.25, 0.3) is 11.5 Å². The summed E-state index contributed by atoms with van der Waals surface area (Å²) in [7, 11) is 0. The normalized spacial score (nSPS) is 10.1. The van der Waals surface area contributed by atoms with E-state index in [-0.39, 0.29) is 0 Å². The highest BCUT2D eigenvalue weighted by atomic mass is 16.3. The van der Waals surface area contributed by atoms with Crippen LogP contribution in [0, 0.1) is 13.2 Å². The van der Waals surface area contributed by atoms with Crippen LogP contribution in [0.2, 0.25) is 0 Å². The van der Waals surface area contributed by atoms with Gasteiger partial charge in [0.1, 0.15) is 0 Å². The first kappa shape index (κ1) is 7.03. The van der Waals surface area contributed by atoms with E-state index in [9.17, 15) is 0 Å². The fraction of sp³-hybridized carbons (Fsp3) is 0.111. The van der Waals surface area contributed by atoms with Crippen LogP contribution in [-0.2, 0) is 0 Å². The van der Waals surface area contributed by atoms with E-state index in [2.05, 4.69) is 16.2 Å². The molecule has 3 heteroatoms. The Labute approximate surface area is 70.1 Å². The van der Waals surface area contributed by atoms with Crippen LogP contribution in [-0.4, -0.2) is 9.97 Å². The van der Waals surface area contributed by atoms with E-state index >= 15 is 0 Å². The molecule has 0 N–H and O–H groups in total. The van der Waals surface area contributed by atoms with Gasteiger partial charge in [0.15, 0.2) is 6.26 Å². The molecule has 0 aliphatic heterocycles. The third-order valence-corrected chi connectivity index (χ3v) is 1.53. The number of hydrogen-bond acceptors (Lipinski definition) is 3. The van der Waals surface area contributed by atoms with Gasteiger partial charge in [0.25, 0.3) is 0 Å². The first-order valence-corrected chi connectivity index (χ1v) is 3.61. The molecule has 3 nitrogen and oxygen atoms in total. The Hall–Kier alpha value is -1.64. The molecular formula is C9H7N2O. The lowest BCUT2D eigenvalue weighted by atomic mass is 10.2. The molecule has 0 atom stereocenters. The standard InChI is InChI=1S/C9H7N2O/c1-7-6-8(2-3-10-7)9-11-4-5-12-9/h2-4,6H,1H3. The summed E-state index contributed by atoms with van der Waals surface area (Å²) in [6.45, 7) is 1.93. The van der Waals surface area contributed by atoms with E-state index < -0.39 is 0 Å². The zero-order valence-corrected chi connectivity index (χ0v) is 6.61. The Morgan fingerprint density at radius 2 is 2.33 bits per heavy atom. The SMILES string of the molecule is Cc1cc(-c2nc[c]o2)ccn1. The zero-order chi connectivity index (χ0) is 8.39. The van der Waals surface area contributed by atoms with E-state index in [1.54, 1.807) is 6.20 Å². The summed E-state index contributed by atoms with van der Waals surface area (Å²) in [5, 5.41) is 0. The summed E-state index contributed by atoms with van der Waals surface area (Å²) in [5.41, 5.74) is 1.88. The summed E-state index contributed by atoms with van der Waals surface area (Å²) in [4.78, 5) is 8.05. The molecule has 1 radical (unpaired) electrons. The lowest BCUT2D eigenvalue weighted by Gasteiger charge is -1.94. The lowest BCUT2D eigenvalue weighted by molar-refractivity contribution is 0.565. The van der Waals surface area contributed by atoms with Crippen molar-refractivity contribution in [2.24, 2.45) is 0 Å². The third-order valence-electron chi connectivity index (χ3n) is 1.53. The molecule has 0 bridgehead atoms. The highest BCUT2D eigenvalue weighted by Crippen LogP contribution is 2.15. The fourth-order valence-corrected chi connectivity index (χ4v) is 1.01. The van der Waals surface area contributed by atoms with Gasteiger partial charge in [-0.2, -0.15) is 0 Å². The molecule has 0 aromatic carbocycles. The first-order chi connectivity index (χ1) is 5.86. The molecule has 2 rings (SSSR count). The van der Waals surface area contributed by atoms with E-state index in [0.717, 1.165) is 11.3 Å². The summed E-state index contributed by atoms with van der Waals surface area (Å²) >= 11 is 0. The minimum atomic E-state index is 0.584. The van der Waals surface area contributed by atoms with Crippen molar-refractivity contribution in [1.29, 1.82) is 0 Å². The smallest absolute Gasteiger partial charge is 0.227 e. The number of hydrogen-bond donors (Lipinski definition) is 0. The molecule has 0 aliphatic rings. The van der Waals surface area contributed by atoms with Crippen molar-refractivity contribution >= 4 is 0 Å². The number of nitrogens with zero attached hydrogens (tertiary/aromatic N) is 2. The zero-order valence-electron chi connectivity index (χ0n) is 6.61.